The van der Waals surface area contributed by atoms with E-state index in [1.165, 1.54) is 7.11 Å². The fraction of sp³-hybridized carbons (Fsp3) is 0.571. The van der Waals surface area contributed by atoms with Gasteiger partial charge in [0, 0.05) is 12.1 Å². The number of nitrogens with one attached hydrogen (secondary N) is 1. The molecular weight excluding hydrogens is 303 g/mol. The SMILES string of the molecule is COc1coc(C(=O)NC2CCC(C(F)(F)F)CC2)cc1=O. The van der Waals surface area contributed by atoms with Crippen LogP contribution in [0.5, 0.6) is 5.75 Å². The maximum absolute atomic E-state index is 12.6. The highest BCUT2D eigenvalue weighted by atomic mass is 19.4. The van der Waals surface area contributed by atoms with Crippen LogP contribution in [0.3, 0.4) is 0 Å². The van der Waals surface area contributed by atoms with E-state index >= 15 is 0 Å². The second-order valence-corrected chi connectivity index (χ2v) is 5.24. The van der Waals surface area contributed by atoms with Crippen LogP contribution in [-0.2, 0) is 0 Å². The second kappa shape index (κ2) is 6.41. The highest BCUT2D eigenvalue weighted by Crippen LogP contribution is 2.37. The molecule has 1 N–H and O–H groups in total. The molecule has 0 atom stereocenters. The molecule has 122 valence electrons. The molecule has 1 aromatic heterocycles. The topological polar surface area (TPSA) is 68.5 Å². The Morgan fingerprint density at radius 1 is 1.32 bits per heavy atom. The fourth-order valence-corrected chi connectivity index (χ4v) is 2.49. The van der Waals surface area contributed by atoms with Crippen LogP contribution in [0.1, 0.15) is 36.2 Å². The summed E-state index contributed by atoms with van der Waals surface area (Å²) < 4.78 is 47.4. The van der Waals surface area contributed by atoms with Crippen LogP contribution in [0, 0.1) is 5.92 Å². The molecule has 0 spiro atoms. The minimum absolute atomic E-state index is 0.0129. The molecule has 0 radical (unpaired) electrons. The largest absolute Gasteiger partial charge is 0.490 e. The van der Waals surface area contributed by atoms with Crippen molar-refractivity contribution in [1.82, 2.24) is 5.32 Å². The summed E-state index contributed by atoms with van der Waals surface area (Å²) in [6.45, 7) is 0. The fourth-order valence-electron chi connectivity index (χ4n) is 2.49. The summed E-state index contributed by atoms with van der Waals surface area (Å²) >= 11 is 0. The summed E-state index contributed by atoms with van der Waals surface area (Å²) in [6, 6.07) is 0.647. The summed E-state index contributed by atoms with van der Waals surface area (Å²) in [5.41, 5.74) is -0.500. The van der Waals surface area contributed by atoms with Gasteiger partial charge in [0.15, 0.2) is 5.76 Å². The third-order valence-corrected chi connectivity index (χ3v) is 3.77. The Hall–Kier alpha value is -1.99. The number of hydrogen-bond acceptors (Lipinski definition) is 4. The molecule has 8 heteroatoms. The highest BCUT2D eigenvalue weighted by Gasteiger charge is 2.41. The maximum atomic E-state index is 12.6. The number of methoxy groups -OCH3 is 1. The molecule has 1 aliphatic rings. The number of ether oxygens (including phenoxy) is 1. The standard InChI is InChI=1S/C14H16F3NO4/c1-21-12-7-22-11(6-10(12)19)13(20)18-9-4-2-8(3-5-9)14(15,16)17/h6-9H,2-5H2,1H3,(H,18,20). The summed E-state index contributed by atoms with van der Waals surface area (Å²) in [4.78, 5) is 23.5. The predicted molar refractivity (Wildman–Crippen MR) is 70.8 cm³/mol. The Kier molecular flexibility index (Phi) is 4.77. The molecule has 1 saturated carbocycles. The van der Waals surface area contributed by atoms with Crippen LogP contribution in [-0.4, -0.2) is 25.2 Å². The first-order chi connectivity index (χ1) is 10.3. The summed E-state index contributed by atoms with van der Waals surface area (Å²) in [5.74, 6) is -2.14. The lowest BCUT2D eigenvalue weighted by atomic mass is 9.85. The van der Waals surface area contributed by atoms with Gasteiger partial charge in [0.05, 0.1) is 13.0 Å². The Balaban J connectivity index is 1.94. The van der Waals surface area contributed by atoms with E-state index in [1.807, 2.05) is 0 Å². The maximum Gasteiger partial charge on any atom is 0.391 e. The van der Waals surface area contributed by atoms with Gasteiger partial charge in [-0.2, -0.15) is 13.2 Å². The van der Waals surface area contributed by atoms with Crippen molar-refractivity contribution in [1.29, 1.82) is 0 Å². The third-order valence-electron chi connectivity index (χ3n) is 3.77. The van der Waals surface area contributed by atoms with Crippen LogP contribution in [0.25, 0.3) is 0 Å². The number of alkyl halides is 3. The molecule has 5 nitrogen and oxygen atoms in total. The van der Waals surface area contributed by atoms with Crippen LogP contribution in [0.2, 0.25) is 0 Å². The smallest absolute Gasteiger partial charge is 0.391 e. The zero-order valence-corrected chi connectivity index (χ0v) is 11.9. The van der Waals surface area contributed by atoms with Crippen LogP contribution < -0.4 is 15.5 Å². The molecule has 0 aliphatic heterocycles. The summed E-state index contributed by atoms with van der Waals surface area (Å²) in [5, 5.41) is 2.59. The Labute approximate surface area is 124 Å². The van der Waals surface area contributed by atoms with E-state index in [2.05, 4.69) is 5.32 Å². The minimum atomic E-state index is -4.18. The average molecular weight is 319 g/mol. The van der Waals surface area contributed by atoms with Crippen LogP contribution in [0.15, 0.2) is 21.5 Å². The van der Waals surface area contributed by atoms with E-state index in [0.29, 0.717) is 0 Å². The van der Waals surface area contributed by atoms with E-state index in [4.69, 9.17) is 9.15 Å². The van der Waals surface area contributed by atoms with E-state index < -0.39 is 23.4 Å². The van der Waals surface area contributed by atoms with Gasteiger partial charge in [0.25, 0.3) is 5.91 Å². The predicted octanol–water partition coefficient (Wildman–Crippen LogP) is 2.50. The lowest BCUT2D eigenvalue weighted by Crippen LogP contribution is -2.40. The van der Waals surface area contributed by atoms with Gasteiger partial charge in [-0.25, -0.2) is 0 Å². The van der Waals surface area contributed by atoms with Crippen molar-refractivity contribution in [3.63, 3.8) is 0 Å². The van der Waals surface area contributed by atoms with Gasteiger partial charge in [-0.3, -0.25) is 9.59 Å². The quantitative estimate of drug-likeness (QED) is 0.929. The van der Waals surface area contributed by atoms with E-state index in [9.17, 15) is 22.8 Å². The monoisotopic (exact) mass is 319 g/mol. The molecule has 0 saturated heterocycles. The van der Waals surface area contributed by atoms with E-state index in [1.54, 1.807) is 0 Å². The van der Waals surface area contributed by atoms with Gasteiger partial charge < -0.3 is 14.5 Å². The van der Waals surface area contributed by atoms with Crippen molar-refractivity contribution >= 4 is 5.91 Å². The highest BCUT2D eigenvalue weighted by molar-refractivity contribution is 5.91. The Bertz CT molecular complexity index is 588. The zero-order valence-electron chi connectivity index (χ0n) is 11.9. The molecular formula is C14H16F3NO4. The molecule has 0 unspecified atom stereocenters. The molecule has 1 fully saturated rings. The van der Waals surface area contributed by atoms with E-state index in [0.717, 1.165) is 12.3 Å². The number of carbonyl (C=O) groups is 1. The average Bonchev–Trinajstić information content (AvgIpc) is 2.46. The normalized spacial score (nSPS) is 22.2. The third kappa shape index (κ3) is 3.80. The molecule has 1 aliphatic carbocycles. The second-order valence-electron chi connectivity index (χ2n) is 5.24. The van der Waals surface area contributed by atoms with Crippen molar-refractivity contribution in [2.75, 3.05) is 7.11 Å². The number of carbonyl (C=O) groups excluding carboxylic acids is 1. The molecule has 1 heterocycles. The lowest BCUT2D eigenvalue weighted by molar-refractivity contribution is -0.182. The number of rotatable bonds is 3. The summed E-state index contributed by atoms with van der Waals surface area (Å²) in [7, 11) is 1.30. The molecule has 1 amide bonds. The molecule has 0 bridgehead atoms. The summed E-state index contributed by atoms with van der Waals surface area (Å²) in [6.07, 6.45) is -2.69. The molecule has 22 heavy (non-hydrogen) atoms. The first-order valence-corrected chi connectivity index (χ1v) is 6.85. The van der Waals surface area contributed by atoms with Crippen molar-refractivity contribution in [2.24, 2.45) is 5.92 Å². The van der Waals surface area contributed by atoms with Crippen molar-refractivity contribution in [3.05, 3.63) is 28.3 Å². The zero-order chi connectivity index (χ0) is 16.3. The van der Waals surface area contributed by atoms with Crippen LogP contribution in [0.4, 0.5) is 13.2 Å². The number of amides is 1. The van der Waals surface area contributed by atoms with Gasteiger partial charge in [0.2, 0.25) is 11.2 Å². The van der Waals surface area contributed by atoms with Crippen LogP contribution >= 0.6 is 0 Å². The molecule has 0 aromatic carbocycles. The lowest BCUT2D eigenvalue weighted by Gasteiger charge is -2.30. The first-order valence-electron chi connectivity index (χ1n) is 6.85. The Morgan fingerprint density at radius 2 is 1.95 bits per heavy atom. The molecule has 2 rings (SSSR count). The van der Waals surface area contributed by atoms with Gasteiger partial charge in [-0.15, -0.1) is 0 Å². The van der Waals surface area contributed by atoms with Crippen molar-refractivity contribution in [2.45, 2.75) is 37.9 Å². The number of hydrogen-bond donors (Lipinski definition) is 1. The van der Waals surface area contributed by atoms with Gasteiger partial charge in [-0.05, 0) is 25.7 Å². The van der Waals surface area contributed by atoms with Gasteiger partial charge >= 0.3 is 6.18 Å². The molecule has 1 aromatic rings. The van der Waals surface area contributed by atoms with Crippen molar-refractivity contribution < 1.29 is 27.1 Å². The van der Waals surface area contributed by atoms with Gasteiger partial charge in [-0.1, -0.05) is 0 Å². The Morgan fingerprint density at radius 3 is 2.45 bits per heavy atom. The number of halogens is 3. The van der Waals surface area contributed by atoms with Gasteiger partial charge in [0.1, 0.15) is 6.26 Å². The minimum Gasteiger partial charge on any atom is -0.490 e. The first kappa shape index (κ1) is 16.4. The van der Waals surface area contributed by atoms with Crippen molar-refractivity contribution in [3.8, 4) is 5.75 Å². The van der Waals surface area contributed by atoms with E-state index in [-0.39, 0.29) is 43.2 Å².